The summed E-state index contributed by atoms with van der Waals surface area (Å²) in [5.41, 5.74) is 0. The number of amides is 1. The summed E-state index contributed by atoms with van der Waals surface area (Å²) in [6, 6.07) is -1.03. The number of aliphatic hydroxyl groups is 11. The zero-order valence-electron chi connectivity index (χ0n) is 54.3. The lowest BCUT2D eigenvalue weighted by Crippen LogP contribution is -2.66. The molecule has 0 aromatic carbocycles. The third-order valence-corrected chi connectivity index (χ3v) is 16.3. The zero-order chi connectivity index (χ0) is 65.4. The minimum Gasteiger partial charge on any atom is -0.394 e. The van der Waals surface area contributed by atoms with Gasteiger partial charge in [0.25, 0.3) is 0 Å². The second kappa shape index (κ2) is 51.8. The highest BCUT2D eigenvalue weighted by molar-refractivity contribution is 5.76. The first-order chi connectivity index (χ1) is 43.8. The first kappa shape index (κ1) is 80.7. The van der Waals surface area contributed by atoms with E-state index in [4.69, 9.17) is 28.4 Å². The zero-order valence-corrected chi connectivity index (χ0v) is 54.3. The van der Waals surface area contributed by atoms with Gasteiger partial charge in [-0.05, 0) is 83.5 Å². The van der Waals surface area contributed by atoms with Crippen LogP contribution in [0.2, 0.25) is 0 Å². The SMILES string of the molecule is CC/C=C\C/C=C\C/C=C\C/C=C\C/C=C\C/C=C\C/C=C\CCCC(=O)NC(COC1OC(CO)C(OC2OC(CO)C(OC3OC(CO)C(O)C(O)C3O)C(O)C2O)C(O)C1O)C(O)/C=C/CC/C=C/CCCCCCCCCCCCCCCCCC. The molecular weight excluding hydrogens is 1150 g/mol. The van der Waals surface area contributed by atoms with E-state index in [0.717, 1.165) is 64.2 Å². The van der Waals surface area contributed by atoms with E-state index in [2.05, 4.69) is 110 Å². The van der Waals surface area contributed by atoms with E-state index in [1.165, 1.54) is 96.3 Å². The molecule has 17 atom stereocenters. The quantitative estimate of drug-likeness (QED) is 0.0200. The van der Waals surface area contributed by atoms with E-state index in [0.29, 0.717) is 19.3 Å². The molecule has 90 heavy (non-hydrogen) atoms. The number of hydrogen-bond acceptors (Lipinski definition) is 18. The summed E-state index contributed by atoms with van der Waals surface area (Å²) in [6.07, 6.45) is 42.1. The molecule has 3 heterocycles. The summed E-state index contributed by atoms with van der Waals surface area (Å²) in [5, 5.41) is 120. The van der Waals surface area contributed by atoms with Crippen molar-refractivity contribution in [3.05, 3.63) is 109 Å². The minimum atomic E-state index is -1.99. The third-order valence-electron chi connectivity index (χ3n) is 16.3. The van der Waals surface area contributed by atoms with Gasteiger partial charge in [-0.3, -0.25) is 4.79 Å². The van der Waals surface area contributed by atoms with E-state index in [9.17, 15) is 61.0 Å². The summed E-state index contributed by atoms with van der Waals surface area (Å²) in [6.45, 7) is 1.55. The van der Waals surface area contributed by atoms with Gasteiger partial charge in [0.05, 0.1) is 38.6 Å². The van der Waals surface area contributed by atoms with Crippen molar-refractivity contribution < 1.29 is 89.4 Å². The van der Waals surface area contributed by atoms with Gasteiger partial charge >= 0.3 is 0 Å². The Morgan fingerprint density at radius 3 is 1.24 bits per heavy atom. The molecule has 0 aromatic rings. The number of unbranched alkanes of at least 4 members (excludes halogenated alkanes) is 18. The second-order valence-corrected chi connectivity index (χ2v) is 23.9. The molecule has 17 unspecified atom stereocenters. The van der Waals surface area contributed by atoms with Crippen LogP contribution in [-0.4, -0.2) is 193 Å². The van der Waals surface area contributed by atoms with Gasteiger partial charge in [-0.15, -0.1) is 0 Å². The fourth-order valence-corrected chi connectivity index (χ4v) is 10.8. The van der Waals surface area contributed by atoms with E-state index < -0.39 is 131 Å². The molecule has 0 bridgehead atoms. The van der Waals surface area contributed by atoms with Crippen LogP contribution in [0.15, 0.2) is 109 Å². The first-order valence-corrected chi connectivity index (χ1v) is 34.1. The van der Waals surface area contributed by atoms with Crippen LogP contribution < -0.4 is 5.32 Å². The maximum atomic E-state index is 13.4. The average molecular weight is 1270 g/mol. The Labute approximate surface area is 538 Å². The van der Waals surface area contributed by atoms with E-state index in [-0.39, 0.29) is 12.3 Å². The second-order valence-electron chi connectivity index (χ2n) is 23.9. The molecule has 12 N–H and O–H groups in total. The molecule has 19 heteroatoms. The van der Waals surface area contributed by atoms with Crippen LogP contribution in [0.25, 0.3) is 0 Å². The molecule has 0 spiro atoms. The number of allylic oxidation sites excluding steroid dienone is 17. The van der Waals surface area contributed by atoms with Crippen LogP contribution in [0.1, 0.15) is 200 Å². The van der Waals surface area contributed by atoms with Crippen LogP contribution in [0.3, 0.4) is 0 Å². The number of aliphatic hydroxyl groups excluding tert-OH is 11. The molecule has 3 fully saturated rings. The van der Waals surface area contributed by atoms with E-state index in [1.54, 1.807) is 6.08 Å². The van der Waals surface area contributed by atoms with Gasteiger partial charge in [-0.2, -0.15) is 0 Å². The van der Waals surface area contributed by atoms with Crippen molar-refractivity contribution in [3.63, 3.8) is 0 Å². The number of carbonyl (C=O) groups is 1. The molecule has 516 valence electrons. The lowest BCUT2D eigenvalue weighted by Gasteiger charge is -2.48. The lowest BCUT2D eigenvalue weighted by molar-refractivity contribution is -0.379. The molecule has 0 aromatic heterocycles. The van der Waals surface area contributed by atoms with Gasteiger partial charge in [0, 0.05) is 6.42 Å². The highest BCUT2D eigenvalue weighted by Gasteiger charge is 2.53. The highest BCUT2D eigenvalue weighted by Crippen LogP contribution is 2.33. The summed E-state index contributed by atoms with van der Waals surface area (Å²) in [5.74, 6) is -0.347. The molecule has 3 saturated heterocycles. The van der Waals surface area contributed by atoms with Crippen molar-refractivity contribution >= 4 is 5.91 Å². The van der Waals surface area contributed by atoms with Crippen LogP contribution in [0, 0.1) is 0 Å². The van der Waals surface area contributed by atoms with Gasteiger partial charge in [-0.25, -0.2) is 0 Å². The Hall–Kier alpha value is -3.55. The number of nitrogens with one attached hydrogen (secondary N) is 1. The van der Waals surface area contributed by atoms with Crippen molar-refractivity contribution in [2.24, 2.45) is 0 Å². The monoisotopic (exact) mass is 1270 g/mol. The molecular formula is C71H119NO18. The van der Waals surface area contributed by atoms with Crippen molar-refractivity contribution in [2.75, 3.05) is 26.4 Å². The van der Waals surface area contributed by atoms with Crippen LogP contribution in [-0.2, 0) is 33.2 Å². The largest absolute Gasteiger partial charge is 0.394 e. The fraction of sp³-hybridized carbons (Fsp3) is 0.732. The number of carbonyl (C=O) groups excluding carboxylic acids is 1. The number of rotatable bonds is 50. The average Bonchev–Trinajstić information content (AvgIpc) is 0.865. The van der Waals surface area contributed by atoms with Crippen molar-refractivity contribution in [2.45, 2.75) is 304 Å². The molecule has 3 aliphatic rings. The topological polar surface area (TPSA) is 307 Å². The smallest absolute Gasteiger partial charge is 0.220 e. The fourth-order valence-electron chi connectivity index (χ4n) is 10.8. The van der Waals surface area contributed by atoms with Gasteiger partial charge < -0.3 is 89.9 Å². The molecule has 3 rings (SSSR count). The van der Waals surface area contributed by atoms with Crippen molar-refractivity contribution in [1.29, 1.82) is 0 Å². The Morgan fingerprint density at radius 2 is 0.778 bits per heavy atom. The highest BCUT2D eigenvalue weighted by atomic mass is 16.8. The molecule has 3 aliphatic heterocycles. The summed E-state index contributed by atoms with van der Waals surface area (Å²) < 4.78 is 34.3. The van der Waals surface area contributed by atoms with E-state index in [1.807, 2.05) is 12.2 Å². The summed E-state index contributed by atoms with van der Waals surface area (Å²) >= 11 is 0. The third kappa shape index (κ3) is 33.5. The predicted octanol–water partition coefficient (Wildman–Crippen LogP) is 8.66. The first-order valence-electron chi connectivity index (χ1n) is 34.1. The Bertz CT molecular complexity index is 2060. The number of hydrogen-bond donors (Lipinski definition) is 12. The van der Waals surface area contributed by atoms with Gasteiger partial charge in [0.15, 0.2) is 18.9 Å². The van der Waals surface area contributed by atoms with Gasteiger partial charge in [0.1, 0.15) is 73.2 Å². The lowest BCUT2D eigenvalue weighted by atomic mass is 9.96. The molecule has 19 nitrogen and oxygen atoms in total. The summed E-state index contributed by atoms with van der Waals surface area (Å²) in [4.78, 5) is 13.4. The standard InChI is InChI=1S/C71H119NO18/c1-3-5-7-9-11-13-15-17-19-21-23-25-27-29-31-33-35-37-39-41-43-45-47-49-59(77)72-54(55(76)48-46-44-42-40-38-36-34-32-30-28-26-24-22-20-18-16-14-12-10-8-6-4-2)53-85-69-65(83)62(80)67(57(51-74)87-69)90-71-66(84)63(81)68(58(52-75)88-71)89-70-64(82)61(79)60(78)56(50-73)86-70/h5,7,11,13,17,19,23,25,29,31,35,37-38,40-41,43,46,48,54-58,60-71,73-76,78-84H,3-4,6,8-10,12,14-16,18,20-22,24,26-28,30,32-34,36,39,42,44-45,47,49-53H2,1-2H3,(H,72,77)/b7-5-,13-11-,19-17-,25-23-,31-29-,37-35-,40-38+,43-41-,48-46+. The number of ether oxygens (including phenoxy) is 6. The molecule has 0 saturated carbocycles. The molecule has 0 radical (unpaired) electrons. The Morgan fingerprint density at radius 1 is 0.411 bits per heavy atom. The normalized spacial score (nSPS) is 28.7. The van der Waals surface area contributed by atoms with Crippen LogP contribution in [0.5, 0.6) is 0 Å². The maximum absolute atomic E-state index is 13.4. The predicted molar refractivity (Wildman–Crippen MR) is 350 cm³/mol. The Kier molecular flexibility index (Phi) is 46.5. The van der Waals surface area contributed by atoms with Crippen LogP contribution >= 0.6 is 0 Å². The van der Waals surface area contributed by atoms with Crippen molar-refractivity contribution in [1.82, 2.24) is 5.32 Å². The summed E-state index contributed by atoms with van der Waals surface area (Å²) in [7, 11) is 0. The maximum Gasteiger partial charge on any atom is 0.220 e. The minimum absolute atomic E-state index is 0.149. The van der Waals surface area contributed by atoms with Gasteiger partial charge in [-0.1, -0.05) is 220 Å². The van der Waals surface area contributed by atoms with Gasteiger partial charge in [0.2, 0.25) is 5.91 Å². The molecule has 1 amide bonds. The Balaban J connectivity index is 1.49. The van der Waals surface area contributed by atoms with Crippen LogP contribution in [0.4, 0.5) is 0 Å². The van der Waals surface area contributed by atoms with Crippen molar-refractivity contribution in [3.8, 4) is 0 Å². The molecule has 0 aliphatic carbocycles. The van der Waals surface area contributed by atoms with E-state index >= 15 is 0 Å².